The van der Waals surface area contributed by atoms with Gasteiger partial charge in [-0.1, -0.05) is 48.5 Å². The fourth-order valence-electron chi connectivity index (χ4n) is 3.04. The molecule has 0 spiro atoms. The molecule has 0 radical (unpaired) electrons. The number of H-pyrrole nitrogens is 1. The molecule has 0 aliphatic heterocycles. The van der Waals surface area contributed by atoms with E-state index in [4.69, 9.17) is 5.73 Å². The summed E-state index contributed by atoms with van der Waals surface area (Å²) in [6, 6.07) is 17.3. The molecule has 1 heterocycles. The third-order valence-corrected chi connectivity index (χ3v) is 4.51. The number of amides is 2. The summed E-state index contributed by atoms with van der Waals surface area (Å²) in [7, 11) is 0. The minimum Gasteiger partial charge on any atom is -0.350 e. The fourth-order valence-corrected chi connectivity index (χ4v) is 3.04. The van der Waals surface area contributed by atoms with Crippen LogP contribution in [0.1, 0.15) is 28.9 Å². The van der Waals surface area contributed by atoms with Gasteiger partial charge in [0.1, 0.15) is 0 Å². The van der Waals surface area contributed by atoms with E-state index in [-0.39, 0.29) is 37.2 Å². The number of rotatable bonds is 9. The van der Waals surface area contributed by atoms with Crippen LogP contribution in [0.5, 0.6) is 0 Å². The highest BCUT2D eigenvalue weighted by Gasteiger charge is 2.16. The Morgan fingerprint density at radius 1 is 1.07 bits per heavy atom. The van der Waals surface area contributed by atoms with Crippen molar-refractivity contribution in [2.75, 3.05) is 19.6 Å². The summed E-state index contributed by atoms with van der Waals surface area (Å²) >= 11 is 0. The lowest BCUT2D eigenvalue weighted by molar-refractivity contribution is -0.131. The Balaban J connectivity index is 0.00000300. The van der Waals surface area contributed by atoms with Gasteiger partial charge in [-0.25, -0.2) is 0 Å². The minimum absolute atomic E-state index is 0. The summed E-state index contributed by atoms with van der Waals surface area (Å²) in [6.45, 7) is 1.92. The van der Waals surface area contributed by atoms with Crippen molar-refractivity contribution >= 4 is 35.1 Å². The minimum atomic E-state index is -0.290. The van der Waals surface area contributed by atoms with Crippen LogP contribution in [-0.4, -0.2) is 46.5 Å². The molecule has 7 nitrogen and oxygen atoms in total. The highest BCUT2D eigenvalue weighted by atomic mass is 35.5. The van der Waals surface area contributed by atoms with Gasteiger partial charge >= 0.3 is 0 Å². The van der Waals surface area contributed by atoms with Crippen LogP contribution in [0.4, 0.5) is 0 Å². The summed E-state index contributed by atoms with van der Waals surface area (Å²) in [5.41, 5.74) is 7.82. The number of nitrogens with one attached hydrogen (secondary N) is 2. The second-order valence-corrected chi connectivity index (χ2v) is 6.57. The van der Waals surface area contributed by atoms with Crippen molar-refractivity contribution in [2.45, 2.75) is 19.4 Å². The van der Waals surface area contributed by atoms with Crippen molar-refractivity contribution in [1.29, 1.82) is 0 Å². The Morgan fingerprint density at radius 2 is 1.79 bits per heavy atom. The van der Waals surface area contributed by atoms with E-state index in [0.29, 0.717) is 25.3 Å². The first-order valence-electron chi connectivity index (χ1n) is 9.42. The topological polar surface area (TPSA) is 104 Å². The van der Waals surface area contributed by atoms with E-state index in [1.807, 2.05) is 54.6 Å². The average molecular weight is 416 g/mol. The maximum atomic E-state index is 12.6. The number of carbonyl (C=O) groups is 2. The van der Waals surface area contributed by atoms with Crippen LogP contribution >= 0.6 is 12.4 Å². The number of aromatic amines is 1. The first-order chi connectivity index (χ1) is 13.7. The molecule has 8 heteroatoms. The number of carbonyl (C=O) groups excluding carboxylic acids is 2. The lowest BCUT2D eigenvalue weighted by atomic mass is 10.2. The van der Waals surface area contributed by atoms with Crippen molar-refractivity contribution in [1.82, 2.24) is 20.4 Å². The number of hydrogen-bond acceptors (Lipinski definition) is 4. The smallest absolute Gasteiger partial charge is 0.272 e. The van der Waals surface area contributed by atoms with E-state index < -0.39 is 0 Å². The molecule has 1 aromatic heterocycles. The quantitative estimate of drug-likeness (QED) is 0.499. The molecule has 0 aliphatic carbocycles. The van der Waals surface area contributed by atoms with Crippen LogP contribution in [0.25, 0.3) is 10.9 Å². The van der Waals surface area contributed by atoms with Gasteiger partial charge in [0.05, 0.1) is 5.52 Å². The monoisotopic (exact) mass is 415 g/mol. The molecule has 0 fully saturated rings. The van der Waals surface area contributed by atoms with Gasteiger partial charge in [-0.05, 0) is 24.6 Å². The normalized spacial score (nSPS) is 10.4. The molecule has 0 saturated carbocycles. The number of benzene rings is 2. The van der Waals surface area contributed by atoms with E-state index in [2.05, 4.69) is 15.5 Å². The van der Waals surface area contributed by atoms with Gasteiger partial charge < -0.3 is 16.0 Å². The van der Waals surface area contributed by atoms with Gasteiger partial charge in [0.25, 0.3) is 5.91 Å². The van der Waals surface area contributed by atoms with Crippen molar-refractivity contribution in [3.63, 3.8) is 0 Å². The second kappa shape index (κ2) is 11.2. The predicted molar refractivity (Wildman–Crippen MR) is 116 cm³/mol. The lowest BCUT2D eigenvalue weighted by Crippen LogP contribution is -2.35. The van der Waals surface area contributed by atoms with Gasteiger partial charge in [-0.15, -0.1) is 12.4 Å². The predicted octanol–water partition coefficient (Wildman–Crippen LogP) is 2.48. The first kappa shape index (κ1) is 22.4. The molecule has 3 rings (SSSR count). The van der Waals surface area contributed by atoms with E-state index in [0.717, 1.165) is 22.9 Å². The molecule has 0 unspecified atom stereocenters. The summed E-state index contributed by atoms with van der Waals surface area (Å²) < 4.78 is 0. The molecule has 2 amide bonds. The standard InChI is InChI=1S/C21H25N5O2.ClH/c22-12-6-14-26(15-16-7-2-1-3-8-16)19(27)11-13-23-21(28)20-17-9-4-5-10-18(17)24-25-20;/h1-5,7-10H,6,11-15,22H2,(H,23,28)(H,24,25);1H. The zero-order chi connectivity index (χ0) is 19.8. The summed E-state index contributed by atoms with van der Waals surface area (Å²) in [6.07, 6.45) is 0.968. The molecule has 0 bridgehead atoms. The van der Waals surface area contributed by atoms with Crippen molar-refractivity contribution in [3.05, 3.63) is 65.9 Å². The number of para-hydroxylation sites is 1. The Kier molecular flexibility index (Phi) is 8.64. The third kappa shape index (κ3) is 6.04. The largest absolute Gasteiger partial charge is 0.350 e. The number of fused-ring (bicyclic) bond motifs is 1. The van der Waals surface area contributed by atoms with Crippen molar-refractivity contribution in [2.24, 2.45) is 5.73 Å². The zero-order valence-corrected chi connectivity index (χ0v) is 17.0. The van der Waals surface area contributed by atoms with Crippen LogP contribution in [0, 0.1) is 0 Å². The molecule has 2 aromatic carbocycles. The Hall–Kier alpha value is -2.90. The molecule has 4 N–H and O–H groups in total. The number of hydrogen-bond donors (Lipinski definition) is 3. The second-order valence-electron chi connectivity index (χ2n) is 6.57. The van der Waals surface area contributed by atoms with E-state index in [1.54, 1.807) is 4.90 Å². The van der Waals surface area contributed by atoms with Gasteiger partial charge in [0, 0.05) is 31.4 Å². The summed E-state index contributed by atoms with van der Waals surface area (Å²) in [5, 5.41) is 10.5. The first-order valence-corrected chi connectivity index (χ1v) is 9.42. The van der Waals surface area contributed by atoms with E-state index in [9.17, 15) is 9.59 Å². The average Bonchev–Trinajstić information content (AvgIpc) is 3.16. The van der Waals surface area contributed by atoms with Gasteiger partial charge in [0.15, 0.2) is 5.69 Å². The molecule has 29 heavy (non-hydrogen) atoms. The number of nitrogens with two attached hydrogens (primary N) is 1. The third-order valence-electron chi connectivity index (χ3n) is 4.51. The van der Waals surface area contributed by atoms with Gasteiger partial charge in [-0.3, -0.25) is 14.7 Å². The van der Waals surface area contributed by atoms with Crippen LogP contribution in [0.3, 0.4) is 0 Å². The SMILES string of the molecule is Cl.NCCCN(Cc1ccccc1)C(=O)CCNC(=O)c1n[nH]c2ccccc12. The molecule has 0 aliphatic rings. The fraction of sp³-hybridized carbons (Fsp3) is 0.286. The molecule has 3 aromatic rings. The molecule has 154 valence electrons. The lowest BCUT2D eigenvalue weighted by Gasteiger charge is -2.23. The van der Waals surface area contributed by atoms with Gasteiger partial charge in [0.2, 0.25) is 5.91 Å². The van der Waals surface area contributed by atoms with Crippen LogP contribution in [0.2, 0.25) is 0 Å². The van der Waals surface area contributed by atoms with Gasteiger partial charge in [-0.2, -0.15) is 5.10 Å². The van der Waals surface area contributed by atoms with E-state index in [1.165, 1.54) is 0 Å². The molecule has 0 saturated heterocycles. The van der Waals surface area contributed by atoms with Crippen LogP contribution in [-0.2, 0) is 11.3 Å². The van der Waals surface area contributed by atoms with Crippen molar-refractivity contribution in [3.8, 4) is 0 Å². The highest BCUT2D eigenvalue weighted by molar-refractivity contribution is 6.04. The molecular formula is C21H26ClN5O2. The highest BCUT2D eigenvalue weighted by Crippen LogP contribution is 2.14. The number of nitrogens with zero attached hydrogens (tertiary/aromatic N) is 2. The summed E-state index contributed by atoms with van der Waals surface area (Å²) in [4.78, 5) is 26.8. The Labute approximate surface area is 176 Å². The maximum absolute atomic E-state index is 12.6. The van der Waals surface area contributed by atoms with Crippen LogP contribution in [0.15, 0.2) is 54.6 Å². The molecular weight excluding hydrogens is 390 g/mol. The van der Waals surface area contributed by atoms with Crippen molar-refractivity contribution < 1.29 is 9.59 Å². The van der Waals surface area contributed by atoms with E-state index >= 15 is 0 Å². The molecule has 0 atom stereocenters. The summed E-state index contributed by atoms with van der Waals surface area (Å²) in [5.74, 6) is -0.300. The Bertz CT molecular complexity index is 929. The van der Waals surface area contributed by atoms with Crippen LogP contribution < -0.4 is 11.1 Å². The number of halogens is 1. The number of aromatic nitrogens is 2. The maximum Gasteiger partial charge on any atom is 0.272 e. The Morgan fingerprint density at radius 3 is 2.55 bits per heavy atom. The zero-order valence-electron chi connectivity index (χ0n) is 16.1.